The van der Waals surface area contributed by atoms with E-state index in [9.17, 15) is 4.79 Å². The van der Waals surface area contributed by atoms with Crippen LogP contribution in [0.25, 0.3) is 0 Å². The molecule has 0 aliphatic carbocycles. The number of benzene rings is 1. The molecule has 1 atom stereocenters. The SMILES string of the molecule is C[NH+](CC(=O)Nc1c(Cl)cccc1Cl)Cc1ccsc1. The van der Waals surface area contributed by atoms with Crippen molar-refractivity contribution in [3.8, 4) is 0 Å². The fraction of sp³-hybridized carbons (Fsp3) is 0.214. The van der Waals surface area contributed by atoms with Gasteiger partial charge in [-0.2, -0.15) is 11.3 Å². The summed E-state index contributed by atoms with van der Waals surface area (Å²) in [5, 5.41) is 7.78. The third kappa shape index (κ3) is 4.21. The van der Waals surface area contributed by atoms with Gasteiger partial charge in [-0.05, 0) is 29.0 Å². The number of amides is 1. The summed E-state index contributed by atoms with van der Waals surface area (Å²) in [7, 11) is 1.98. The molecule has 0 aliphatic heterocycles. The number of carbonyl (C=O) groups excluding carboxylic acids is 1. The minimum atomic E-state index is -0.104. The Balaban J connectivity index is 1.92. The Morgan fingerprint density at radius 2 is 2.00 bits per heavy atom. The van der Waals surface area contributed by atoms with Crippen molar-refractivity contribution < 1.29 is 9.69 Å². The number of hydrogen-bond donors (Lipinski definition) is 2. The molecule has 0 fully saturated rings. The van der Waals surface area contributed by atoms with E-state index in [0.717, 1.165) is 11.4 Å². The molecule has 0 saturated carbocycles. The lowest BCUT2D eigenvalue weighted by molar-refractivity contribution is -0.885. The molecule has 0 spiro atoms. The van der Waals surface area contributed by atoms with Gasteiger partial charge < -0.3 is 10.2 Å². The number of hydrogen-bond acceptors (Lipinski definition) is 2. The number of para-hydroxylation sites is 1. The van der Waals surface area contributed by atoms with Crippen LogP contribution in [0.15, 0.2) is 35.0 Å². The van der Waals surface area contributed by atoms with Gasteiger partial charge in [0.15, 0.2) is 6.54 Å². The number of likely N-dealkylation sites (N-methyl/N-ethyl adjacent to an activating group) is 1. The summed E-state index contributed by atoms with van der Waals surface area (Å²) < 4.78 is 0. The van der Waals surface area contributed by atoms with Gasteiger partial charge in [0.1, 0.15) is 6.54 Å². The molecular weight excluding hydrogens is 315 g/mol. The van der Waals surface area contributed by atoms with Crippen LogP contribution in [0.4, 0.5) is 5.69 Å². The standard InChI is InChI=1S/C14H14Cl2N2OS/c1-18(7-10-5-6-20-9-10)8-13(19)17-14-11(15)3-2-4-12(14)16/h2-6,9H,7-8H2,1H3,(H,17,19)/p+1. The predicted molar refractivity (Wildman–Crippen MR) is 84.9 cm³/mol. The van der Waals surface area contributed by atoms with Crippen LogP contribution in [0.1, 0.15) is 5.56 Å². The van der Waals surface area contributed by atoms with Crippen LogP contribution in [0, 0.1) is 0 Å². The predicted octanol–water partition coefficient (Wildman–Crippen LogP) is 2.71. The van der Waals surface area contributed by atoms with Crippen molar-refractivity contribution >= 4 is 46.1 Å². The first kappa shape index (κ1) is 15.3. The third-order valence-electron chi connectivity index (χ3n) is 2.78. The van der Waals surface area contributed by atoms with Crippen molar-refractivity contribution in [2.45, 2.75) is 6.54 Å². The molecule has 20 heavy (non-hydrogen) atoms. The third-order valence-corrected chi connectivity index (χ3v) is 4.14. The summed E-state index contributed by atoms with van der Waals surface area (Å²) >= 11 is 13.7. The number of halogens is 2. The molecule has 0 aliphatic rings. The molecule has 2 rings (SSSR count). The number of nitrogens with one attached hydrogen (secondary N) is 2. The second-order valence-electron chi connectivity index (χ2n) is 4.59. The van der Waals surface area contributed by atoms with E-state index < -0.39 is 0 Å². The summed E-state index contributed by atoms with van der Waals surface area (Å²) in [4.78, 5) is 13.1. The van der Waals surface area contributed by atoms with Crippen molar-refractivity contribution in [2.75, 3.05) is 18.9 Å². The minimum absolute atomic E-state index is 0.104. The van der Waals surface area contributed by atoms with Gasteiger partial charge in [0.05, 0.1) is 22.8 Å². The van der Waals surface area contributed by atoms with Crippen LogP contribution in [0.3, 0.4) is 0 Å². The van der Waals surface area contributed by atoms with E-state index in [1.165, 1.54) is 5.56 Å². The first-order chi connectivity index (χ1) is 9.56. The first-order valence-electron chi connectivity index (χ1n) is 6.12. The van der Waals surface area contributed by atoms with Crippen LogP contribution >= 0.6 is 34.5 Å². The lowest BCUT2D eigenvalue weighted by Crippen LogP contribution is -3.08. The van der Waals surface area contributed by atoms with Crippen molar-refractivity contribution in [1.82, 2.24) is 0 Å². The molecule has 0 bridgehead atoms. The normalized spacial score (nSPS) is 12.2. The summed E-state index contributed by atoms with van der Waals surface area (Å²) in [6.07, 6.45) is 0. The minimum Gasteiger partial charge on any atom is -0.326 e. The van der Waals surface area contributed by atoms with E-state index in [0.29, 0.717) is 22.3 Å². The summed E-state index contributed by atoms with van der Waals surface area (Å²) in [6, 6.07) is 7.21. The molecule has 1 heterocycles. The maximum absolute atomic E-state index is 12.0. The number of anilines is 1. The maximum Gasteiger partial charge on any atom is 0.279 e. The molecule has 106 valence electrons. The van der Waals surface area contributed by atoms with Gasteiger partial charge in [0.25, 0.3) is 5.91 Å². The molecule has 1 unspecified atom stereocenters. The quantitative estimate of drug-likeness (QED) is 0.868. The molecule has 1 aromatic heterocycles. The molecule has 1 amide bonds. The summed E-state index contributed by atoms with van der Waals surface area (Å²) in [5.41, 5.74) is 1.71. The smallest absolute Gasteiger partial charge is 0.279 e. The van der Waals surface area contributed by atoms with E-state index >= 15 is 0 Å². The maximum atomic E-state index is 12.0. The molecule has 6 heteroatoms. The van der Waals surface area contributed by atoms with Crippen molar-refractivity contribution in [3.05, 3.63) is 50.6 Å². The Kier molecular flexibility index (Phi) is 5.43. The molecule has 1 aromatic carbocycles. The fourth-order valence-corrected chi connectivity index (χ4v) is 3.04. The Bertz CT molecular complexity index is 567. The number of rotatable bonds is 5. The largest absolute Gasteiger partial charge is 0.326 e. The van der Waals surface area contributed by atoms with Gasteiger partial charge in [0.2, 0.25) is 0 Å². The van der Waals surface area contributed by atoms with E-state index in [-0.39, 0.29) is 5.91 Å². The Morgan fingerprint density at radius 1 is 1.30 bits per heavy atom. The van der Waals surface area contributed by atoms with Gasteiger partial charge in [-0.1, -0.05) is 29.3 Å². The topological polar surface area (TPSA) is 33.5 Å². The average molecular weight is 330 g/mol. The molecule has 2 N–H and O–H groups in total. The molecule has 0 saturated heterocycles. The van der Waals surface area contributed by atoms with Gasteiger partial charge in [-0.3, -0.25) is 4.79 Å². The highest BCUT2D eigenvalue weighted by Gasteiger charge is 2.14. The van der Waals surface area contributed by atoms with Crippen molar-refractivity contribution in [3.63, 3.8) is 0 Å². The highest BCUT2D eigenvalue weighted by molar-refractivity contribution is 7.07. The van der Waals surface area contributed by atoms with Crippen molar-refractivity contribution in [1.29, 1.82) is 0 Å². The number of thiophene rings is 1. The van der Waals surface area contributed by atoms with Crippen LogP contribution in [-0.4, -0.2) is 19.5 Å². The van der Waals surface area contributed by atoms with Crippen molar-refractivity contribution in [2.24, 2.45) is 0 Å². The van der Waals surface area contributed by atoms with E-state index in [2.05, 4.69) is 16.8 Å². The second kappa shape index (κ2) is 7.09. The van der Waals surface area contributed by atoms with Crippen LogP contribution in [0.5, 0.6) is 0 Å². The number of carbonyl (C=O) groups is 1. The van der Waals surface area contributed by atoms with Gasteiger partial charge >= 0.3 is 0 Å². The Labute approximate surface area is 132 Å². The van der Waals surface area contributed by atoms with E-state index in [1.54, 1.807) is 29.5 Å². The van der Waals surface area contributed by atoms with Gasteiger partial charge in [-0.25, -0.2) is 0 Å². The van der Waals surface area contributed by atoms with Crippen LogP contribution in [0.2, 0.25) is 10.0 Å². The highest BCUT2D eigenvalue weighted by atomic mass is 35.5. The molecule has 2 aromatic rings. The average Bonchev–Trinajstić information content (AvgIpc) is 2.86. The zero-order valence-electron chi connectivity index (χ0n) is 11.0. The lowest BCUT2D eigenvalue weighted by Gasteiger charge is -2.14. The highest BCUT2D eigenvalue weighted by Crippen LogP contribution is 2.29. The zero-order chi connectivity index (χ0) is 14.5. The van der Waals surface area contributed by atoms with E-state index in [1.807, 2.05) is 12.4 Å². The number of quaternary nitrogens is 1. The first-order valence-corrected chi connectivity index (χ1v) is 7.82. The lowest BCUT2D eigenvalue weighted by atomic mass is 10.3. The Hall–Kier alpha value is -1.07. The summed E-state index contributed by atoms with van der Waals surface area (Å²) in [6.45, 7) is 1.17. The van der Waals surface area contributed by atoms with Gasteiger partial charge in [-0.15, -0.1) is 0 Å². The molecule has 3 nitrogen and oxygen atoms in total. The monoisotopic (exact) mass is 329 g/mol. The zero-order valence-corrected chi connectivity index (χ0v) is 13.3. The van der Waals surface area contributed by atoms with Gasteiger partial charge in [0, 0.05) is 5.56 Å². The van der Waals surface area contributed by atoms with Crippen LogP contribution < -0.4 is 10.2 Å². The molecular formula is C14H15Cl2N2OS+. The van der Waals surface area contributed by atoms with Crippen LogP contribution in [-0.2, 0) is 11.3 Å². The Morgan fingerprint density at radius 3 is 2.60 bits per heavy atom. The van der Waals surface area contributed by atoms with E-state index in [4.69, 9.17) is 23.2 Å². The fourth-order valence-electron chi connectivity index (χ4n) is 1.88. The summed E-state index contributed by atoms with van der Waals surface area (Å²) in [5.74, 6) is -0.104. The molecule has 0 radical (unpaired) electrons. The second-order valence-corrected chi connectivity index (χ2v) is 6.18.